The highest BCUT2D eigenvalue weighted by molar-refractivity contribution is 5.82. The Bertz CT molecular complexity index is 1820. The van der Waals surface area contributed by atoms with Crippen molar-refractivity contribution >= 4 is 17.8 Å². The van der Waals surface area contributed by atoms with Gasteiger partial charge in [0.25, 0.3) is 0 Å². The van der Waals surface area contributed by atoms with E-state index in [4.69, 9.17) is 16.2 Å². The summed E-state index contributed by atoms with van der Waals surface area (Å²) in [4.78, 5) is 29.1. The molecule has 8 N–H and O–H groups in total. The van der Waals surface area contributed by atoms with Crippen molar-refractivity contribution < 1.29 is 19.4 Å². The number of nitrogens with zero attached hydrogens (tertiary/aromatic N) is 1. The van der Waals surface area contributed by atoms with Gasteiger partial charge in [0.2, 0.25) is 5.91 Å². The number of ether oxygens (including phenoxy) is 1. The van der Waals surface area contributed by atoms with E-state index in [1.165, 1.54) is 0 Å². The van der Waals surface area contributed by atoms with Gasteiger partial charge in [-0.05, 0) is 77.9 Å². The number of aliphatic hydroxyl groups is 1. The summed E-state index contributed by atoms with van der Waals surface area (Å²) in [5, 5.41) is 19.6. The first-order chi connectivity index (χ1) is 24.2. The molecule has 0 aliphatic carbocycles. The molecule has 5 aromatic rings. The molecular formula is C40H44N6O4. The van der Waals surface area contributed by atoms with E-state index in [1.807, 2.05) is 110 Å². The third kappa shape index (κ3) is 10.9. The molecule has 0 fully saturated rings. The summed E-state index contributed by atoms with van der Waals surface area (Å²) in [7, 11) is 0. The summed E-state index contributed by atoms with van der Waals surface area (Å²) in [6.45, 7) is 3.16. The number of carbonyl (C=O) groups is 2. The van der Waals surface area contributed by atoms with E-state index < -0.39 is 17.9 Å². The Labute approximate surface area is 292 Å². The first kappa shape index (κ1) is 35.6. The maximum Gasteiger partial charge on any atom is 0.315 e. The Hall–Kier alpha value is -5.71. The molecule has 0 saturated carbocycles. The number of aromatic nitrogens is 1. The van der Waals surface area contributed by atoms with Crippen LogP contribution in [0.1, 0.15) is 52.3 Å². The van der Waals surface area contributed by atoms with Crippen molar-refractivity contribution in [3.63, 3.8) is 0 Å². The topological polar surface area (TPSA) is 165 Å². The van der Waals surface area contributed by atoms with Crippen molar-refractivity contribution in [3.8, 4) is 11.5 Å². The third-order valence-corrected chi connectivity index (χ3v) is 8.36. The van der Waals surface area contributed by atoms with E-state index in [0.29, 0.717) is 43.9 Å². The number of para-hydroxylation sites is 1. The van der Waals surface area contributed by atoms with Crippen LogP contribution in [0.25, 0.3) is 0 Å². The SMILES string of the molecule is C[C@H](Cc1cccc(C(Cc2ccc(CNC(=O)NCc3ccc(Oc4ccccc4)cc3)cc2)C(N)=O)c1)NC[C@H](O)c1ccc(N)nc1. The van der Waals surface area contributed by atoms with Crippen molar-refractivity contribution in [2.24, 2.45) is 5.73 Å². The molecule has 5 rings (SSSR count). The van der Waals surface area contributed by atoms with Crippen LogP contribution in [-0.2, 0) is 30.7 Å². The number of nitrogen functional groups attached to an aromatic ring is 1. The molecule has 50 heavy (non-hydrogen) atoms. The molecule has 3 atom stereocenters. The Morgan fingerprint density at radius 3 is 2.02 bits per heavy atom. The van der Waals surface area contributed by atoms with Crippen molar-refractivity contribution in [2.75, 3.05) is 12.3 Å². The summed E-state index contributed by atoms with van der Waals surface area (Å²) in [6.07, 6.45) is 2.04. The van der Waals surface area contributed by atoms with Crippen LogP contribution >= 0.6 is 0 Å². The Morgan fingerprint density at radius 2 is 1.38 bits per heavy atom. The lowest BCUT2D eigenvalue weighted by molar-refractivity contribution is -0.119. The predicted octanol–water partition coefficient (Wildman–Crippen LogP) is 5.52. The van der Waals surface area contributed by atoms with E-state index in [1.54, 1.807) is 18.3 Å². The zero-order chi connectivity index (χ0) is 35.3. The fraction of sp³-hybridized carbons (Fsp3) is 0.225. The zero-order valence-corrected chi connectivity index (χ0v) is 28.1. The van der Waals surface area contributed by atoms with Gasteiger partial charge in [-0.25, -0.2) is 9.78 Å². The number of hydrogen-bond donors (Lipinski definition) is 6. The van der Waals surface area contributed by atoms with Gasteiger partial charge in [-0.15, -0.1) is 0 Å². The molecule has 4 aromatic carbocycles. The normalized spacial score (nSPS) is 12.8. The van der Waals surface area contributed by atoms with E-state index in [9.17, 15) is 14.7 Å². The van der Waals surface area contributed by atoms with Gasteiger partial charge >= 0.3 is 6.03 Å². The third-order valence-electron chi connectivity index (χ3n) is 8.36. The molecule has 0 spiro atoms. The number of urea groups is 1. The molecule has 1 unspecified atom stereocenters. The van der Waals surface area contributed by atoms with Gasteiger partial charge in [0.15, 0.2) is 0 Å². The molecule has 0 aliphatic heterocycles. The highest BCUT2D eigenvalue weighted by Gasteiger charge is 2.20. The smallest absolute Gasteiger partial charge is 0.315 e. The van der Waals surface area contributed by atoms with Crippen LogP contribution < -0.4 is 32.2 Å². The summed E-state index contributed by atoms with van der Waals surface area (Å²) in [6, 6.07) is 36.1. The van der Waals surface area contributed by atoms with Gasteiger partial charge in [-0.2, -0.15) is 0 Å². The average Bonchev–Trinajstić information content (AvgIpc) is 3.13. The van der Waals surface area contributed by atoms with Gasteiger partial charge < -0.3 is 37.3 Å². The molecule has 0 aliphatic rings. The molecule has 10 nitrogen and oxygen atoms in total. The quantitative estimate of drug-likeness (QED) is 0.0803. The zero-order valence-electron chi connectivity index (χ0n) is 28.1. The Balaban J connectivity index is 1.07. The highest BCUT2D eigenvalue weighted by Crippen LogP contribution is 2.24. The van der Waals surface area contributed by atoms with E-state index in [2.05, 4.69) is 20.9 Å². The lowest BCUT2D eigenvalue weighted by atomic mass is 9.89. The maximum atomic E-state index is 12.6. The number of hydrogen-bond acceptors (Lipinski definition) is 7. The fourth-order valence-electron chi connectivity index (χ4n) is 5.55. The molecule has 1 aromatic heterocycles. The molecule has 10 heteroatoms. The van der Waals surface area contributed by atoms with Gasteiger partial charge in [-0.3, -0.25) is 4.79 Å². The first-order valence-corrected chi connectivity index (χ1v) is 16.6. The summed E-state index contributed by atoms with van der Waals surface area (Å²) in [5.74, 6) is 1.01. The van der Waals surface area contributed by atoms with Crippen LogP contribution in [0.2, 0.25) is 0 Å². The molecule has 0 saturated heterocycles. The van der Waals surface area contributed by atoms with Crippen molar-refractivity contribution in [1.82, 2.24) is 20.9 Å². The highest BCUT2D eigenvalue weighted by atomic mass is 16.5. The number of anilines is 1. The van der Waals surface area contributed by atoms with Gasteiger partial charge in [0.1, 0.15) is 17.3 Å². The minimum Gasteiger partial charge on any atom is -0.457 e. The lowest BCUT2D eigenvalue weighted by Gasteiger charge is -2.19. The second-order valence-electron chi connectivity index (χ2n) is 12.4. The number of nitrogens with two attached hydrogens (primary N) is 2. The second-order valence-corrected chi connectivity index (χ2v) is 12.4. The molecule has 0 bridgehead atoms. The van der Waals surface area contributed by atoms with Gasteiger partial charge in [-0.1, -0.05) is 84.9 Å². The fourth-order valence-corrected chi connectivity index (χ4v) is 5.55. The minimum absolute atomic E-state index is 0.0729. The van der Waals surface area contributed by atoms with Crippen molar-refractivity contribution in [2.45, 2.75) is 50.9 Å². The number of carbonyl (C=O) groups excluding carboxylic acids is 2. The molecule has 3 amide bonds. The number of aliphatic hydroxyl groups excluding tert-OH is 1. The number of primary amides is 1. The van der Waals surface area contributed by atoms with Crippen LogP contribution in [0.5, 0.6) is 11.5 Å². The van der Waals surface area contributed by atoms with Gasteiger partial charge in [0.05, 0.1) is 12.0 Å². The second kappa shape index (κ2) is 17.6. The van der Waals surface area contributed by atoms with Crippen LogP contribution in [0.3, 0.4) is 0 Å². The standard InChI is InChI=1S/C40H44N6O4/c1-27(43-26-37(47)33-16-19-38(41)44-25-33)20-31-6-5-7-32(21-31)36(39(42)48)22-28-10-12-29(13-11-28)23-45-40(49)46-24-30-14-17-35(18-15-30)50-34-8-3-2-4-9-34/h2-19,21,25,27,36-37,43,47H,20,22-24,26H2,1H3,(H2,41,44)(H2,42,48)(H2,45,46,49)/t27-,36?,37+/m1/s1. The molecule has 0 radical (unpaired) electrons. The Morgan fingerprint density at radius 1 is 0.740 bits per heavy atom. The predicted molar refractivity (Wildman–Crippen MR) is 195 cm³/mol. The number of benzene rings is 4. The Kier molecular flexibility index (Phi) is 12.5. The van der Waals surface area contributed by atoms with Crippen molar-refractivity contribution in [3.05, 3.63) is 155 Å². The number of amides is 3. The van der Waals surface area contributed by atoms with Crippen LogP contribution in [0.4, 0.5) is 10.6 Å². The minimum atomic E-state index is -0.703. The van der Waals surface area contributed by atoms with Crippen molar-refractivity contribution in [1.29, 1.82) is 0 Å². The summed E-state index contributed by atoms with van der Waals surface area (Å²) >= 11 is 0. The van der Waals surface area contributed by atoms with E-state index in [0.717, 1.165) is 39.3 Å². The molecule has 258 valence electrons. The maximum absolute atomic E-state index is 12.6. The van der Waals surface area contributed by atoms with E-state index in [-0.39, 0.29) is 12.1 Å². The molecular weight excluding hydrogens is 628 g/mol. The monoisotopic (exact) mass is 672 g/mol. The summed E-state index contributed by atoms with van der Waals surface area (Å²) < 4.78 is 5.82. The number of rotatable bonds is 16. The van der Waals surface area contributed by atoms with Crippen LogP contribution in [-0.4, -0.2) is 34.6 Å². The van der Waals surface area contributed by atoms with Gasteiger partial charge in [0, 0.05) is 37.4 Å². The molecule has 1 heterocycles. The summed E-state index contributed by atoms with van der Waals surface area (Å²) in [5.41, 5.74) is 17.0. The largest absolute Gasteiger partial charge is 0.457 e. The van der Waals surface area contributed by atoms with Crippen LogP contribution in [0.15, 0.2) is 121 Å². The van der Waals surface area contributed by atoms with Crippen LogP contribution in [0, 0.1) is 0 Å². The lowest BCUT2D eigenvalue weighted by Crippen LogP contribution is -2.34. The number of nitrogens with one attached hydrogen (secondary N) is 3. The average molecular weight is 673 g/mol. The van der Waals surface area contributed by atoms with E-state index >= 15 is 0 Å². The first-order valence-electron chi connectivity index (χ1n) is 16.6. The number of pyridine rings is 1.